The molecule has 20 heavy (non-hydrogen) atoms. The van der Waals surface area contributed by atoms with Crippen LogP contribution in [0.3, 0.4) is 0 Å². The number of carbonyl (C=O) groups excluding carboxylic acids is 1. The summed E-state index contributed by atoms with van der Waals surface area (Å²) in [5.74, 6) is -0.0326. The molecule has 1 amide bonds. The number of nitrogens with zero attached hydrogens (tertiary/aromatic N) is 1. The quantitative estimate of drug-likeness (QED) is 0.875. The molecule has 1 aromatic carbocycles. The van der Waals surface area contributed by atoms with Crippen molar-refractivity contribution in [3.05, 3.63) is 34.1 Å². The summed E-state index contributed by atoms with van der Waals surface area (Å²) in [6.45, 7) is 3.39. The standard InChI is InChI=1S/C14H18BrFN2O.ClH/c1-9(17)10-2-4-18(5-3-10)14(19)11-6-12(15)8-13(16)7-11;/h6-10H,2-5,17H2,1H3;1H. The molecule has 1 aromatic rings. The number of rotatable bonds is 2. The number of benzene rings is 1. The lowest BCUT2D eigenvalue weighted by molar-refractivity contribution is 0.0680. The van der Waals surface area contributed by atoms with E-state index in [9.17, 15) is 9.18 Å². The fourth-order valence-electron chi connectivity index (χ4n) is 2.49. The molecule has 3 nitrogen and oxygen atoms in total. The highest BCUT2D eigenvalue weighted by atomic mass is 79.9. The number of hydrogen-bond acceptors (Lipinski definition) is 2. The van der Waals surface area contributed by atoms with Gasteiger partial charge in [0.2, 0.25) is 0 Å². The molecule has 0 saturated carbocycles. The van der Waals surface area contributed by atoms with Crippen molar-refractivity contribution in [2.45, 2.75) is 25.8 Å². The minimum Gasteiger partial charge on any atom is -0.339 e. The molecule has 112 valence electrons. The van der Waals surface area contributed by atoms with Crippen molar-refractivity contribution in [1.29, 1.82) is 0 Å². The average Bonchev–Trinajstić information content (AvgIpc) is 2.37. The summed E-state index contributed by atoms with van der Waals surface area (Å²) in [6.07, 6.45) is 1.83. The van der Waals surface area contributed by atoms with Gasteiger partial charge in [0.1, 0.15) is 5.82 Å². The first-order chi connectivity index (χ1) is 8.97. The molecule has 0 radical (unpaired) electrons. The van der Waals surface area contributed by atoms with E-state index in [0.29, 0.717) is 29.0 Å². The molecule has 1 aliphatic rings. The molecule has 1 aliphatic heterocycles. The second-order valence-corrected chi connectivity index (χ2v) is 6.06. The van der Waals surface area contributed by atoms with Gasteiger partial charge in [-0.2, -0.15) is 0 Å². The Balaban J connectivity index is 0.00000200. The number of carbonyl (C=O) groups is 1. The molecule has 0 aliphatic carbocycles. The van der Waals surface area contributed by atoms with Gasteiger partial charge in [-0.15, -0.1) is 12.4 Å². The minimum absolute atomic E-state index is 0. The van der Waals surface area contributed by atoms with Crippen LogP contribution in [0.15, 0.2) is 22.7 Å². The lowest BCUT2D eigenvalue weighted by Crippen LogP contribution is -2.42. The maximum absolute atomic E-state index is 13.3. The zero-order valence-electron chi connectivity index (χ0n) is 11.3. The lowest BCUT2D eigenvalue weighted by atomic mass is 9.90. The van der Waals surface area contributed by atoms with Crippen LogP contribution in [0.1, 0.15) is 30.1 Å². The molecule has 6 heteroatoms. The number of amides is 1. The molecular weight excluding hydrogens is 347 g/mol. The van der Waals surface area contributed by atoms with E-state index < -0.39 is 5.82 Å². The second-order valence-electron chi connectivity index (χ2n) is 5.15. The Kier molecular flexibility index (Phi) is 6.43. The van der Waals surface area contributed by atoms with Gasteiger partial charge in [0.25, 0.3) is 5.91 Å². The van der Waals surface area contributed by atoms with Crippen LogP contribution in [0.2, 0.25) is 0 Å². The van der Waals surface area contributed by atoms with Gasteiger partial charge in [0.15, 0.2) is 0 Å². The van der Waals surface area contributed by atoms with Crippen LogP contribution in [0.25, 0.3) is 0 Å². The predicted molar refractivity (Wildman–Crippen MR) is 83.6 cm³/mol. The van der Waals surface area contributed by atoms with Crippen molar-refractivity contribution in [3.8, 4) is 0 Å². The van der Waals surface area contributed by atoms with E-state index in [1.807, 2.05) is 6.92 Å². The largest absolute Gasteiger partial charge is 0.339 e. The Morgan fingerprint density at radius 2 is 2.00 bits per heavy atom. The maximum Gasteiger partial charge on any atom is 0.253 e. The van der Waals surface area contributed by atoms with E-state index in [0.717, 1.165) is 12.8 Å². The summed E-state index contributed by atoms with van der Waals surface area (Å²) in [7, 11) is 0. The second kappa shape index (κ2) is 7.38. The molecule has 1 atom stereocenters. The summed E-state index contributed by atoms with van der Waals surface area (Å²) in [4.78, 5) is 14.1. The fourth-order valence-corrected chi connectivity index (χ4v) is 2.95. The van der Waals surface area contributed by atoms with E-state index in [-0.39, 0.29) is 24.4 Å². The van der Waals surface area contributed by atoms with E-state index in [1.54, 1.807) is 11.0 Å². The first-order valence-corrected chi connectivity index (χ1v) is 7.27. The average molecular weight is 366 g/mol. The number of piperidine rings is 1. The van der Waals surface area contributed by atoms with Crippen molar-refractivity contribution < 1.29 is 9.18 Å². The SMILES string of the molecule is CC(N)C1CCN(C(=O)c2cc(F)cc(Br)c2)CC1.Cl. The Morgan fingerprint density at radius 3 is 2.50 bits per heavy atom. The molecule has 0 bridgehead atoms. The van der Waals surface area contributed by atoms with Crippen LogP contribution in [0, 0.1) is 11.7 Å². The van der Waals surface area contributed by atoms with Gasteiger partial charge >= 0.3 is 0 Å². The Bertz CT molecular complexity index is 456. The van der Waals surface area contributed by atoms with Crippen LogP contribution >= 0.6 is 28.3 Å². The first-order valence-electron chi connectivity index (χ1n) is 6.48. The highest BCUT2D eigenvalue weighted by molar-refractivity contribution is 9.10. The Morgan fingerprint density at radius 1 is 1.40 bits per heavy atom. The monoisotopic (exact) mass is 364 g/mol. The highest BCUT2D eigenvalue weighted by Crippen LogP contribution is 2.22. The van der Waals surface area contributed by atoms with Crippen LogP contribution in [-0.2, 0) is 0 Å². The fraction of sp³-hybridized carbons (Fsp3) is 0.500. The first kappa shape index (κ1) is 17.4. The number of likely N-dealkylation sites (tertiary alicyclic amines) is 1. The van der Waals surface area contributed by atoms with Gasteiger partial charge < -0.3 is 10.6 Å². The minimum atomic E-state index is -0.400. The molecule has 1 unspecified atom stereocenters. The van der Waals surface area contributed by atoms with Crippen LogP contribution in [0.5, 0.6) is 0 Å². The summed E-state index contributed by atoms with van der Waals surface area (Å²) < 4.78 is 13.9. The van der Waals surface area contributed by atoms with Crippen molar-refractivity contribution in [1.82, 2.24) is 4.90 Å². The summed E-state index contributed by atoms with van der Waals surface area (Å²) in [5, 5.41) is 0. The summed E-state index contributed by atoms with van der Waals surface area (Å²) >= 11 is 3.21. The summed E-state index contributed by atoms with van der Waals surface area (Å²) in [5.41, 5.74) is 6.27. The van der Waals surface area contributed by atoms with Gasteiger partial charge in [-0.05, 0) is 43.9 Å². The maximum atomic E-state index is 13.3. The lowest BCUT2D eigenvalue weighted by Gasteiger charge is -2.33. The van der Waals surface area contributed by atoms with Gasteiger partial charge in [-0.3, -0.25) is 4.79 Å². The smallest absolute Gasteiger partial charge is 0.253 e. The Labute approximate surface area is 133 Å². The van der Waals surface area contributed by atoms with E-state index in [1.165, 1.54) is 12.1 Å². The van der Waals surface area contributed by atoms with Gasteiger partial charge in [0, 0.05) is 29.2 Å². The molecule has 0 aromatic heterocycles. The third-order valence-electron chi connectivity index (χ3n) is 3.68. The zero-order valence-corrected chi connectivity index (χ0v) is 13.7. The number of hydrogen-bond donors (Lipinski definition) is 1. The third-order valence-corrected chi connectivity index (χ3v) is 4.14. The van der Waals surface area contributed by atoms with Gasteiger partial charge in [-0.1, -0.05) is 15.9 Å². The Hall–Kier alpha value is -0.650. The van der Waals surface area contributed by atoms with Crippen molar-refractivity contribution in [2.24, 2.45) is 11.7 Å². The van der Waals surface area contributed by atoms with E-state index in [4.69, 9.17) is 5.73 Å². The van der Waals surface area contributed by atoms with Crippen LogP contribution in [-0.4, -0.2) is 29.9 Å². The molecule has 2 rings (SSSR count). The molecule has 0 spiro atoms. The molecule has 1 heterocycles. The number of nitrogens with two attached hydrogens (primary N) is 1. The van der Waals surface area contributed by atoms with Crippen molar-refractivity contribution >= 4 is 34.2 Å². The van der Waals surface area contributed by atoms with E-state index in [2.05, 4.69) is 15.9 Å². The zero-order chi connectivity index (χ0) is 14.0. The number of halogens is 3. The van der Waals surface area contributed by atoms with E-state index >= 15 is 0 Å². The highest BCUT2D eigenvalue weighted by Gasteiger charge is 2.25. The molecular formula is C14H19BrClFN2O. The van der Waals surface area contributed by atoms with Gasteiger partial charge in [0.05, 0.1) is 0 Å². The van der Waals surface area contributed by atoms with Crippen LogP contribution in [0.4, 0.5) is 4.39 Å². The van der Waals surface area contributed by atoms with Crippen molar-refractivity contribution in [3.63, 3.8) is 0 Å². The molecule has 1 fully saturated rings. The molecule has 1 saturated heterocycles. The predicted octanol–water partition coefficient (Wildman–Crippen LogP) is 3.21. The van der Waals surface area contributed by atoms with Crippen molar-refractivity contribution in [2.75, 3.05) is 13.1 Å². The topological polar surface area (TPSA) is 46.3 Å². The normalized spacial score (nSPS) is 17.5. The molecule has 2 N–H and O–H groups in total. The summed E-state index contributed by atoms with van der Waals surface area (Å²) in [6, 6.07) is 4.45. The van der Waals surface area contributed by atoms with Crippen LogP contribution < -0.4 is 5.73 Å². The third kappa shape index (κ3) is 4.17. The van der Waals surface area contributed by atoms with Gasteiger partial charge in [-0.25, -0.2) is 4.39 Å².